The zero-order chi connectivity index (χ0) is 19.3. The summed E-state index contributed by atoms with van der Waals surface area (Å²) >= 11 is 0. The predicted molar refractivity (Wildman–Crippen MR) is 105 cm³/mol. The van der Waals surface area contributed by atoms with Crippen LogP contribution in [-0.2, 0) is 34.1 Å². The highest BCUT2D eigenvalue weighted by atomic mass is 32.2. The Hall–Kier alpha value is -1.70. The number of ether oxygens (including phenoxy) is 1. The van der Waals surface area contributed by atoms with Crippen molar-refractivity contribution in [2.24, 2.45) is 0 Å². The van der Waals surface area contributed by atoms with Gasteiger partial charge in [0.15, 0.2) is 0 Å². The third kappa shape index (κ3) is 4.97. The molecule has 1 aromatic heterocycles. The van der Waals surface area contributed by atoms with Crippen molar-refractivity contribution >= 4 is 9.84 Å². The number of hydrogen-bond acceptors (Lipinski definition) is 5. The fourth-order valence-electron chi connectivity index (χ4n) is 3.47. The fraction of sp³-hybridized carbons (Fsp3) is 0.550. The fourth-order valence-corrected chi connectivity index (χ4v) is 4.49. The lowest BCUT2D eigenvalue weighted by molar-refractivity contribution is 0.155. The summed E-state index contributed by atoms with van der Waals surface area (Å²) in [5.74, 6) is 0.0639. The van der Waals surface area contributed by atoms with Gasteiger partial charge in [-0.15, -0.1) is 0 Å². The summed E-state index contributed by atoms with van der Waals surface area (Å²) in [5.41, 5.74) is 2.21. The van der Waals surface area contributed by atoms with E-state index in [1.165, 1.54) is 5.56 Å². The van der Waals surface area contributed by atoms with Crippen LogP contribution in [0, 0.1) is 0 Å². The van der Waals surface area contributed by atoms with Crippen LogP contribution in [0.2, 0.25) is 0 Å². The van der Waals surface area contributed by atoms with Gasteiger partial charge in [-0.05, 0) is 31.9 Å². The lowest BCUT2D eigenvalue weighted by Crippen LogP contribution is -2.32. The molecule has 7 heteroatoms. The van der Waals surface area contributed by atoms with E-state index in [0.717, 1.165) is 38.2 Å². The topological polar surface area (TPSA) is 64.4 Å². The van der Waals surface area contributed by atoms with E-state index in [4.69, 9.17) is 4.74 Å². The molecule has 1 fully saturated rings. The maximum absolute atomic E-state index is 12.5. The van der Waals surface area contributed by atoms with Crippen LogP contribution in [0.1, 0.15) is 31.0 Å². The van der Waals surface area contributed by atoms with Crippen molar-refractivity contribution in [1.82, 2.24) is 14.5 Å². The summed E-state index contributed by atoms with van der Waals surface area (Å²) in [6, 6.07) is 10.7. The zero-order valence-corrected chi connectivity index (χ0v) is 17.0. The van der Waals surface area contributed by atoms with Gasteiger partial charge in [-0.25, -0.2) is 13.4 Å². The second-order valence-electron chi connectivity index (χ2n) is 7.11. The van der Waals surface area contributed by atoms with Gasteiger partial charge < -0.3 is 9.30 Å². The molecular weight excluding hydrogens is 362 g/mol. The van der Waals surface area contributed by atoms with E-state index in [0.29, 0.717) is 19.1 Å². The van der Waals surface area contributed by atoms with Gasteiger partial charge in [-0.3, -0.25) is 4.90 Å². The van der Waals surface area contributed by atoms with E-state index in [-0.39, 0.29) is 10.9 Å². The third-order valence-corrected chi connectivity index (χ3v) is 6.83. The van der Waals surface area contributed by atoms with Crippen molar-refractivity contribution in [2.75, 3.05) is 26.0 Å². The molecule has 1 aliphatic rings. The number of benzene rings is 1. The molecule has 6 nitrogen and oxygen atoms in total. The van der Waals surface area contributed by atoms with Crippen molar-refractivity contribution in [1.29, 1.82) is 0 Å². The SMILES string of the molecule is CCS(=O)(=O)c1ncc(CN(C)[C@H]2CCOC2)n1CCCc1ccccc1. The lowest BCUT2D eigenvalue weighted by atomic mass is 10.1. The van der Waals surface area contributed by atoms with Gasteiger partial charge in [0, 0.05) is 25.7 Å². The van der Waals surface area contributed by atoms with E-state index in [9.17, 15) is 8.42 Å². The molecule has 0 N–H and O–H groups in total. The number of hydrogen-bond donors (Lipinski definition) is 0. The Morgan fingerprint density at radius 2 is 2.07 bits per heavy atom. The van der Waals surface area contributed by atoms with E-state index in [2.05, 4.69) is 29.1 Å². The molecule has 0 aliphatic carbocycles. The maximum atomic E-state index is 12.5. The molecule has 0 spiro atoms. The Kier molecular flexibility index (Phi) is 6.68. The number of aromatic nitrogens is 2. The monoisotopic (exact) mass is 391 g/mol. The molecule has 1 aromatic carbocycles. The van der Waals surface area contributed by atoms with Gasteiger partial charge in [-0.2, -0.15) is 0 Å². The minimum absolute atomic E-state index is 0.0639. The second kappa shape index (κ2) is 8.99. The first-order valence-corrected chi connectivity index (χ1v) is 11.3. The Morgan fingerprint density at radius 1 is 1.30 bits per heavy atom. The number of nitrogens with zero attached hydrogens (tertiary/aromatic N) is 3. The Labute approximate surface area is 162 Å². The molecule has 1 aliphatic heterocycles. The molecule has 1 atom stereocenters. The highest BCUT2D eigenvalue weighted by Gasteiger charge is 2.25. The Bertz CT molecular complexity index is 827. The molecular formula is C20H29N3O3S. The van der Waals surface area contributed by atoms with Gasteiger partial charge in [0.2, 0.25) is 15.0 Å². The van der Waals surface area contributed by atoms with E-state index in [1.807, 2.05) is 22.8 Å². The van der Waals surface area contributed by atoms with Crippen LogP contribution in [-0.4, -0.2) is 54.9 Å². The van der Waals surface area contributed by atoms with Crippen LogP contribution in [0.3, 0.4) is 0 Å². The number of likely N-dealkylation sites (N-methyl/N-ethyl adjacent to an activating group) is 1. The average molecular weight is 392 g/mol. The highest BCUT2D eigenvalue weighted by molar-refractivity contribution is 7.91. The predicted octanol–water partition coefficient (Wildman–Crippen LogP) is 2.53. The summed E-state index contributed by atoms with van der Waals surface area (Å²) in [6.45, 7) is 4.51. The van der Waals surface area contributed by atoms with Crippen LogP contribution in [0.25, 0.3) is 0 Å². The van der Waals surface area contributed by atoms with Crippen LogP contribution < -0.4 is 0 Å². The van der Waals surface area contributed by atoms with Gasteiger partial charge in [0.1, 0.15) is 0 Å². The first kappa shape index (κ1) is 20.0. The molecule has 3 rings (SSSR count). The number of rotatable bonds is 9. The minimum atomic E-state index is -3.35. The molecule has 0 amide bonds. The van der Waals surface area contributed by atoms with E-state index >= 15 is 0 Å². The van der Waals surface area contributed by atoms with Crippen LogP contribution >= 0.6 is 0 Å². The smallest absolute Gasteiger partial charge is 0.227 e. The first-order valence-electron chi connectivity index (χ1n) is 9.60. The van der Waals surface area contributed by atoms with Crippen molar-refractivity contribution in [3.05, 3.63) is 47.8 Å². The van der Waals surface area contributed by atoms with Gasteiger partial charge in [0.25, 0.3) is 0 Å². The van der Waals surface area contributed by atoms with E-state index in [1.54, 1.807) is 13.1 Å². The lowest BCUT2D eigenvalue weighted by Gasteiger charge is -2.23. The maximum Gasteiger partial charge on any atom is 0.227 e. The van der Waals surface area contributed by atoms with Gasteiger partial charge in [-0.1, -0.05) is 37.3 Å². The summed E-state index contributed by atoms with van der Waals surface area (Å²) in [4.78, 5) is 6.52. The third-order valence-electron chi connectivity index (χ3n) is 5.19. The van der Waals surface area contributed by atoms with Crippen molar-refractivity contribution in [3.8, 4) is 0 Å². The Morgan fingerprint density at radius 3 is 2.74 bits per heavy atom. The van der Waals surface area contributed by atoms with E-state index < -0.39 is 9.84 Å². The van der Waals surface area contributed by atoms with Crippen LogP contribution in [0.5, 0.6) is 0 Å². The molecule has 0 radical (unpaired) electrons. The van der Waals surface area contributed by atoms with Crippen LogP contribution in [0.15, 0.2) is 41.7 Å². The summed E-state index contributed by atoms with van der Waals surface area (Å²) < 4.78 is 32.4. The minimum Gasteiger partial charge on any atom is -0.380 e. The first-order chi connectivity index (χ1) is 13.0. The summed E-state index contributed by atoms with van der Waals surface area (Å²) in [7, 11) is -1.29. The standard InChI is InChI=1S/C20H29N3O3S/c1-3-27(24,25)20-21-14-19(15-22(2)18-11-13-26-16-18)23(20)12-7-10-17-8-5-4-6-9-17/h4-6,8-9,14,18H,3,7,10-13,15-16H2,1-2H3/t18-/m0/s1. The highest BCUT2D eigenvalue weighted by Crippen LogP contribution is 2.19. The van der Waals surface area contributed by atoms with Crippen LogP contribution in [0.4, 0.5) is 0 Å². The average Bonchev–Trinajstić information content (AvgIpc) is 3.33. The summed E-state index contributed by atoms with van der Waals surface area (Å²) in [5, 5.41) is 0.198. The molecule has 1 saturated heterocycles. The number of sulfone groups is 1. The van der Waals surface area contributed by atoms with Crippen molar-refractivity contribution < 1.29 is 13.2 Å². The second-order valence-corrected chi connectivity index (χ2v) is 9.28. The molecule has 2 aromatic rings. The molecule has 0 bridgehead atoms. The summed E-state index contributed by atoms with van der Waals surface area (Å²) in [6.07, 6.45) is 4.52. The quantitative estimate of drug-likeness (QED) is 0.657. The molecule has 27 heavy (non-hydrogen) atoms. The number of imidazole rings is 1. The molecule has 148 valence electrons. The normalized spacial score (nSPS) is 17.7. The van der Waals surface area contributed by atoms with Crippen molar-refractivity contribution in [3.63, 3.8) is 0 Å². The van der Waals surface area contributed by atoms with Gasteiger partial charge >= 0.3 is 0 Å². The van der Waals surface area contributed by atoms with Crippen molar-refractivity contribution in [2.45, 2.75) is 50.5 Å². The largest absolute Gasteiger partial charge is 0.380 e. The van der Waals surface area contributed by atoms with Gasteiger partial charge in [0.05, 0.1) is 24.3 Å². The Balaban J connectivity index is 1.76. The zero-order valence-electron chi connectivity index (χ0n) is 16.2. The molecule has 2 heterocycles. The number of aryl methyl sites for hydroxylation is 1. The molecule has 0 saturated carbocycles. The molecule has 0 unspecified atom stereocenters.